The molecule has 0 atom stereocenters. The number of nitrogens with one attached hydrogen (secondary N) is 2. The summed E-state index contributed by atoms with van der Waals surface area (Å²) in [5, 5.41) is 11.6. The van der Waals surface area contributed by atoms with Gasteiger partial charge in [-0.25, -0.2) is 4.98 Å². The first-order valence-electron chi connectivity index (χ1n) is 14.1. The van der Waals surface area contributed by atoms with Crippen LogP contribution in [0.2, 0.25) is 0 Å². The van der Waals surface area contributed by atoms with Crippen LogP contribution in [-0.4, -0.2) is 55.4 Å². The number of nitrogens with zero attached hydrogens (tertiary/aromatic N) is 6. The van der Waals surface area contributed by atoms with Gasteiger partial charge in [0.2, 0.25) is 5.95 Å². The molecule has 8 heteroatoms. The Labute approximate surface area is 230 Å². The van der Waals surface area contributed by atoms with Gasteiger partial charge >= 0.3 is 0 Å². The predicted molar refractivity (Wildman–Crippen MR) is 159 cm³/mol. The van der Waals surface area contributed by atoms with E-state index in [1.165, 1.54) is 12.1 Å². The minimum absolute atomic E-state index is 0.809. The Morgan fingerprint density at radius 1 is 0.974 bits per heavy atom. The first-order valence-corrected chi connectivity index (χ1v) is 14.1. The molecule has 5 heterocycles. The third-order valence-electron chi connectivity index (χ3n) is 8.03. The normalized spacial score (nSPS) is 16.7. The summed E-state index contributed by atoms with van der Waals surface area (Å²) in [7, 11) is 2.03. The smallest absolute Gasteiger partial charge is 0.208 e. The number of rotatable bonds is 2. The van der Waals surface area contributed by atoms with Gasteiger partial charge in [0.05, 0.1) is 22.9 Å². The molecule has 8 nitrogen and oxygen atoms in total. The van der Waals surface area contributed by atoms with Crippen molar-refractivity contribution in [3.63, 3.8) is 0 Å². The van der Waals surface area contributed by atoms with Crippen LogP contribution in [-0.2, 0) is 20.0 Å². The second kappa shape index (κ2) is 10.7. The van der Waals surface area contributed by atoms with Crippen molar-refractivity contribution in [1.29, 1.82) is 0 Å². The lowest BCUT2D eigenvalue weighted by Crippen LogP contribution is -2.42. The van der Waals surface area contributed by atoms with Crippen LogP contribution in [0.3, 0.4) is 0 Å². The third-order valence-corrected chi connectivity index (χ3v) is 8.03. The molecule has 3 aromatic heterocycles. The molecule has 0 saturated carbocycles. The lowest BCUT2D eigenvalue weighted by Gasteiger charge is -2.31. The molecule has 4 aromatic rings. The largest absolute Gasteiger partial charge is 0.369 e. The number of aryl methyl sites for hydroxylation is 3. The predicted octanol–water partition coefficient (Wildman–Crippen LogP) is 5.22. The highest BCUT2D eigenvalue weighted by molar-refractivity contribution is 5.85. The average Bonchev–Trinajstić information content (AvgIpc) is 3.48. The third kappa shape index (κ3) is 5.08. The first-order chi connectivity index (χ1) is 19.0. The van der Waals surface area contributed by atoms with Crippen LogP contribution in [0.25, 0.3) is 33.7 Å². The number of benzene rings is 1. The second-order valence-corrected chi connectivity index (χ2v) is 10.8. The monoisotopic (exact) mass is 522 g/mol. The van der Waals surface area contributed by atoms with Gasteiger partial charge < -0.3 is 20.1 Å². The molecule has 0 aliphatic carbocycles. The SMILES string of the molecule is C=C1Nc2nc3ccc(C(=C)N4CCNCC4)cc3n2CCCCCCc2c(cnn2C)-c2cc1cc(C)n2. The fourth-order valence-corrected chi connectivity index (χ4v) is 5.82. The van der Waals surface area contributed by atoms with Gasteiger partial charge in [0.15, 0.2) is 0 Å². The summed E-state index contributed by atoms with van der Waals surface area (Å²) in [6.45, 7) is 15.7. The van der Waals surface area contributed by atoms with Crippen LogP contribution in [0.15, 0.2) is 49.7 Å². The lowest BCUT2D eigenvalue weighted by molar-refractivity contribution is 0.341. The molecule has 6 rings (SSSR count). The van der Waals surface area contributed by atoms with Crippen molar-refractivity contribution in [2.75, 3.05) is 31.5 Å². The summed E-state index contributed by atoms with van der Waals surface area (Å²) >= 11 is 0. The van der Waals surface area contributed by atoms with Crippen LogP contribution in [0.4, 0.5) is 5.95 Å². The molecule has 1 aromatic carbocycles. The van der Waals surface area contributed by atoms with Gasteiger partial charge in [-0.2, -0.15) is 5.10 Å². The average molecular weight is 523 g/mol. The van der Waals surface area contributed by atoms with Gasteiger partial charge in [-0.05, 0) is 56.0 Å². The van der Waals surface area contributed by atoms with Gasteiger partial charge in [-0.1, -0.05) is 32.1 Å². The zero-order valence-corrected chi connectivity index (χ0v) is 23.1. The molecule has 2 aliphatic rings. The van der Waals surface area contributed by atoms with Crippen molar-refractivity contribution < 1.29 is 0 Å². The van der Waals surface area contributed by atoms with Crippen LogP contribution in [0, 0.1) is 6.92 Å². The summed E-state index contributed by atoms with van der Waals surface area (Å²) in [5.74, 6) is 0.827. The topological polar surface area (TPSA) is 75.8 Å². The molecule has 1 fully saturated rings. The van der Waals surface area contributed by atoms with E-state index in [1.807, 2.05) is 24.9 Å². The number of hydrogen-bond acceptors (Lipinski definition) is 6. The quantitative estimate of drug-likeness (QED) is 0.376. The summed E-state index contributed by atoms with van der Waals surface area (Å²) in [5.41, 5.74) is 10.4. The summed E-state index contributed by atoms with van der Waals surface area (Å²) in [6.07, 6.45) is 7.48. The van der Waals surface area contributed by atoms with E-state index in [-0.39, 0.29) is 0 Å². The van der Waals surface area contributed by atoms with Gasteiger partial charge in [-0.15, -0.1) is 0 Å². The molecule has 2 bridgehead atoms. The highest BCUT2D eigenvalue weighted by Gasteiger charge is 2.19. The number of aromatic nitrogens is 5. The van der Waals surface area contributed by atoms with E-state index < -0.39 is 0 Å². The molecule has 0 unspecified atom stereocenters. The summed E-state index contributed by atoms with van der Waals surface area (Å²) < 4.78 is 4.32. The van der Waals surface area contributed by atoms with Crippen molar-refractivity contribution in [3.8, 4) is 11.3 Å². The van der Waals surface area contributed by atoms with Crippen LogP contribution in [0.5, 0.6) is 0 Å². The molecule has 0 radical (unpaired) electrons. The van der Waals surface area contributed by atoms with Crippen molar-refractivity contribution >= 4 is 28.4 Å². The Morgan fingerprint density at radius 2 is 1.79 bits per heavy atom. The molecular formula is C31H38N8. The Balaban J connectivity index is 1.38. The van der Waals surface area contributed by atoms with E-state index in [1.54, 1.807) is 0 Å². The van der Waals surface area contributed by atoms with Crippen molar-refractivity contribution in [2.45, 2.75) is 45.6 Å². The van der Waals surface area contributed by atoms with E-state index in [0.717, 1.165) is 115 Å². The fraction of sp³-hybridized carbons (Fsp3) is 0.387. The molecular weight excluding hydrogens is 484 g/mol. The molecule has 39 heavy (non-hydrogen) atoms. The van der Waals surface area contributed by atoms with E-state index in [2.05, 4.69) is 68.7 Å². The maximum Gasteiger partial charge on any atom is 0.208 e. The number of pyridine rings is 1. The summed E-state index contributed by atoms with van der Waals surface area (Å²) in [4.78, 5) is 12.3. The zero-order valence-electron chi connectivity index (χ0n) is 23.1. The highest BCUT2D eigenvalue weighted by Crippen LogP contribution is 2.30. The molecule has 2 aliphatic heterocycles. The standard InChI is InChI=1S/C31H38N8/c1-21-17-25-18-28(34-21)26-20-33-37(4)29(26)9-7-5-6-8-14-39-30-19-24(23(3)38-15-12-32-13-16-38)10-11-27(30)36-31(39)35-22(25)2/h10-11,17-20,32H,2-3,5-9,12-16H2,1,4H3,(H,35,36). The highest BCUT2D eigenvalue weighted by atomic mass is 15.3. The Morgan fingerprint density at radius 3 is 2.64 bits per heavy atom. The minimum Gasteiger partial charge on any atom is -0.369 e. The van der Waals surface area contributed by atoms with Gasteiger partial charge in [0.25, 0.3) is 0 Å². The van der Waals surface area contributed by atoms with Crippen molar-refractivity contribution in [3.05, 3.63) is 72.2 Å². The minimum atomic E-state index is 0.809. The maximum atomic E-state index is 5.02. The van der Waals surface area contributed by atoms with Crippen LogP contribution in [0.1, 0.15) is 48.2 Å². The Kier molecular flexibility index (Phi) is 6.95. The van der Waals surface area contributed by atoms with Crippen molar-refractivity contribution in [2.24, 2.45) is 7.05 Å². The maximum absolute atomic E-state index is 5.02. The number of piperazine rings is 1. The molecule has 0 spiro atoms. The second-order valence-electron chi connectivity index (χ2n) is 10.8. The Bertz CT molecular complexity index is 1540. The fourth-order valence-electron chi connectivity index (χ4n) is 5.82. The van der Waals surface area contributed by atoms with E-state index in [9.17, 15) is 0 Å². The zero-order chi connectivity index (χ0) is 26.9. The number of hydrogen-bond donors (Lipinski definition) is 2. The van der Waals surface area contributed by atoms with E-state index in [4.69, 9.17) is 9.97 Å². The molecule has 2 N–H and O–H groups in total. The number of fused-ring (bicyclic) bond motifs is 7. The number of imidazole rings is 1. The van der Waals surface area contributed by atoms with Gasteiger partial charge in [0.1, 0.15) is 0 Å². The van der Waals surface area contributed by atoms with E-state index >= 15 is 0 Å². The molecule has 0 amide bonds. The Hall–Kier alpha value is -3.91. The van der Waals surface area contributed by atoms with Gasteiger partial charge in [-0.3, -0.25) is 9.67 Å². The molecule has 1 saturated heterocycles. The molecule has 202 valence electrons. The van der Waals surface area contributed by atoms with Crippen LogP contribution >= 0.6 is 0 Å². The number of anilines is 1. The summed E-state index contributed by atoms with van der Waals surface area (Å²) in [6, 6.07) is 10.7. The van der Waals surface area contributed by atoms with E-state index in [0.29, 0.717) is 0 Å². The van der Waals surface area contributed by atoms with Crippen LogP contribution < -0.4 is 10.6 Å². The lowest BCUT2D eigenvalue weighted by atomic mass is 10.0. The van der Waals surface area contributed by atoms with Gasteiger partial charge in [0, 0.05) is 73.7 Å². The first kappa shape index (κ1) is 25.4. The van der Waals surface area contributed by atoms with Crippen molar-refractivity contribution in [1.82, 2.24) is 34.5 Å².